The highest BCUT2D eigenvalue weighted by molar-refractivity contribution is 5.48. The summed E-state index contributed by atoms with van der Waals surface area (Å²) in [6.45, 7) is 3.40. The molecule has 0 aliphatic carbocycles. The average molecular weight is 279 g/mol. The predicted octanol–water partition coefficient (Wildman–Crippen LogP) is 3.13. The van der Waals surface area contributed by atoms with E-state index in [0.29, 0.717) is 0 Å². The van der Waals surface area contributed by atoms with Gasteiger partial charge in [0.05, 0.1) is 6.33 Å². The van der Waals surface area contributed by atoms with Crippen molar-refractivity contribution in [2.24, 2.45) is 0 Å². The molecule has 0 unspecified atom stereocenters. The zero-order chi connectivity index (χ0) is 14.5. The molecule has 0 bridgehead atoms. The monoisotopic (exact) mass is 279 g/mol. The second-order valence-electron chi connectivity index (χ2n) is 5.53. The minimum atomic E-state index is 0.736. The molecule has 1 aromatic rings. The van der Waals surface area contributed by atoms with Crippen LogP contribution >= 0.6 is 0 Å². The molecule has 0 aromatic carbocycles. The summed E-state index contributed by atoms with van der Waals surface area (Å²) in [6, 6.07) is 0. The van der Waals surface area contributed by atoms with Gasteiger partial charge in [-0.05, 0) is 39.4 Å². The van der Waals surface area contributed by atoms with E-state index in [0.717, 1.165) is 32.2 Å². The first-order chi connectivity index (χ1) is 9.83. The Bertz CT molecular complexity index is 324. The molecule has 0 saturated heterocycles. The molecule has 0 radical (unpaired) electrons. The fourth-order valence-electron chi connectivity index (χ4n) is 2.37. The number of carbonyl (C=O) groups excluding carboxylic acids is 1. The number of unbranched alkanes of at least 4 members (excludes halogenated alkanes) is 6. The summed E-state index contributed by atoms with van der Waals surface area (Å²) in [5.41, 5.74) is 0. The van der Waals surface area contributed by atoms with Gasteiger partial charge in [0.1, 0.15) is 6.29 Å². The number of hydrogen-bond donors (Lipinski definition) is 0. The Balaban J connectivity index is 1.85. The highest BCUT2D eigenvalue weighted by Crippen LogP contribution is 2.07. The maximum absolute atomic E-state index is 10.2. The normalized spacial score (nSPS) is 11.1. The zero-order valence-corrected chi connectivity index (χ0v) is 12.8. The van der Waals surface area contributed by atoms with E-state index in [-0.39, 0.29) is 0 Å². The minimum Gasteiger partial charge on any atom is -0.337 e. The van der Waals surface area contributed by atoms with E-state index >= 15 is 0 Å². The van der Waals surface area contributed by atoms with Crippen molar-refractivity contribution in [1.82, 2.24) is 14.5 Å². The summed E-state index contributed by atoms with van der Waals surface area (Å²) >= 11 is 0. The Morgan fingerprint density at radius 2 is 1.75 bits per heavy atom. The molecule has 1 aromatic heterocycles. The van der Waals surface area contributed by atoms with Gasteiger partial charge in [-0.3, -0.25) is 0 Å². The molecule has 20 heavy (non-hydrogen) atoms. The van der Waals surface area contributed by atoms with Gasteiger partial charge in [0, 0.05) is 25.4 Å². The van der Waals surface area contributed by atoms with Crippen LogP contribution in [0.15, 0.2) is 18.7 Å². The number of aromatic nitrogens is 2. The van der Waals surface area contributed by atoms with Crippen molar-refractivity contribution in [2.45, 2.75) is 57.9 Å². The molecular weight excluding hydrogens is 250 g/mol. The fraction of sp³-hybridized carbons (Fsp3) is 0.750. The maximum atomic E-state index is 10.2. The van der Waals surface area contributed by atoms with Crippen LogP contribution in [-0.2, 0) is 11.3 Å². The topological polar surface area (TPSA) is 38.1 Å². The maximum Gasteiger partial charge on any atom is 0.119 e. The lowest BCUT2D eigenvalue weighted by atomic mass is 10.1. The quantitative estimate of drug-likeness (QED) is 0.411. The van der Waals surface area contributed by atoms with E-state index in [4.69, 9.17) is 0 Å². The van der Waals surface area contributed by atoms with Gasteiger partial charge in [0.15, 0.2) is 0 Å². The number of aldehydes is 1. The van der Waals surface area contributed by atoms with Crippen molar-refractivity contribution in [1.29, 1.82) is 0 Å². The fourth-order valence-corrected chi connectivity index (χ4v) is 2.37. The molecule has 0 N–H and O–H groups in total. The molecule has 114 valence electrons. The smallest absolute Gasteiger partial charge is 0.119 e. The highest BCUT2D eigenvalue weighted by atomic mass is 16.1. The van der Waals surface area contributed by atoms with Gasteiger partial charge in [-0.15, -0.1) is 0 Å². The van der Waals surface area contributed by atoms with Crippen LogP contribution in [0.5, 0.6) is 0 Å². The first-order valence-electron chi connectivity index (χ1n) is 7.91. The predicted molar refractivity (Wildman–Crippen MR) is 82.7 cm³/mol. The Hall–Kier alpha value is -1.16. The first-order valence-corrected chi connectivity index (χ1v) is 7.91. The number of carbonyl (C=O) groups is 1. The molecule has 4 heteroatoms. The minimum absolute atomic E-state index is 0.736. The molecule has 1 rings (SSSR count). The standard InChI is InChI=1S/C16H29N3O/c1-18(12-9-13-19-14-10-17-16-19)11-7-5-3-2-4-6-8-15-20/h10,14-16H,2-9,11-13H2,1H3. The lowest BCUT2D eigenvalue weighted by molar-refractivity contribution is -0.107. The van der Waals surface area contributed by atoms with Crippen molar-refractivity contribution >= 4 is 6.29 Å². The van der Waals surface area contributed by atoms with E-state index in [9.17, 15) is 4.79 Å². The molecule has 0 atom stereocenters. The lowest BCUT2D eigenvalue weighted by Gasteiger charge is -2.16. The van der Waals surface area contributed by atoms with Crippen molar-refractivity contribution in [3.05, 3.63) is 18.7 Å². The van der Waals surface area contributed by atoms with Crippen LogP contribution in [0.4, 0.5) is 0 Å². The Morgan fingerprint density at radius 1 is 1.05 bits per heavy atom. The number of nitrogens with zero attached hydrogens (tertiary/aromatic N) is 3. The summed E-state index contributed by atoms with van der Waals surface area (Å²) in [6.07, 6.45) is 16.1. The summed E-state index contributed by atoms with van der Waals surface area (Å²) in [5.74, 6) is 0. The van der Waals surface area contributed by atoms with Gasteiger partial charge in [-0.25, -0.2) is 4.98 Å². The first kappa shape index (κ1) is 16.9. The molecule has 0 fully saturated rings. The van der Waals surface area contributed by atoms with Gasteiger partial charge in [0.25, 0.3) is 0 Å². The zero-order valence-electron chi connectivity index (χ0n) is 12.8. The molecule has 0 aliphatic rings. The Labute approximate surface area is 123 Å². The molecular formula is C16H29N3O. The summed E-state index contributed by atoms with van der Waals surface area (Å²) in [5, 5.41) is 0. The number of rotatable bonds is 13. The Kier molecular flexibility index (Phi) is 9.84. The number of hydrogen-bond acceptors (Lipinski definition) is 3. The Morgan fingerprint density at radius 3 is 2.45 bits per heavy atom. The van der Waals surface area contributed by atoms with Gasteiger partial charge in [0.2, 0.25) is 0 Å². The van der Waals surface area contributed by atoms with Crippen molar-refractivity contribution in [3.8, 4) is 0 Å². The van der Waals surface area contributed by atoms with Crippen LogP contribution < -0.4 is 0 Å². The van der Waals surface area contributed by atoms with Crippen LogP contribution in [-0.4, -0.2) is 40.9 Å². The molecule has 0 amide bonds. The van der Waals surface area contributed by atoms with Crippen molar-refractivity contribution in [2.75, 3.05) is 20.1 Å². The van der Waals surface area contributed by atoms with Crippen molar-refractivity contribution < 1.29 is 4.79 Å². The number of imidazole rings is 1. The van der Waals surface area contributed by atoms with Crippen LogP contribution in [0, 0.1) is 0 Å². The van der Waals surface area contributed by atoms with Gasteiger partial charge in [-0.2, -0.15) is 0 Å². The van der Waals surface area contributed by atoms with Gasteiger partial charge in [-0.1, -0.05) is 25.7 Å². The van der Waals surface area contributed by atoms with E-state index in [1.165, 1.54) is 45.1 Å². The highest BCUT2D eigenvalue weighted by Gasteiger charge is 1.99. The average Bonchev–Trinajstić information content (AvgIpc) is 2.95. The largest absolute Gasteiger partial charge is 0.337 e. The molecule has 0 aliphatic heterocycles. The third-order valence-corrected chi connectivity index (χ3v) is 3.63. The van der Waals surface area contributed by atoms with Crippen molar-refractivity contribution in [3.63, 3.8) is 0 Å². The molecule has 1 heterocycles. The van der Waals surface area contributed by atoms with Crippen LogP contribution in [0.1, 0.15) is 51.4 Å². The van der Waals surface area contributed by atoms with E-state index in [1.54, 1.807) is 0 Å². The SMILES string of the molecule is CN(CCCCCCCCC=O)CCCn1ccnc1. The van der Waals surface area contributed by atoms with Gasteiger partial charge < -0.3 is 14.3 Å². The third kappa shape index (κ3) is 8.86. The van der Waals surface area contributed by atoms with E-state index in [2.05, 4.69) is 21.5 Å². The second kappa shape index (κ2) is 11.6. The summed E-state index contributed by atoms with van der Waals surface area (Å²) in [7, 11) is 2.21. The molecule has 0 saturated carbocycles. The molecule has 4 nitrogen and oxygen atoms in total. The molecule has 0 spiro atoms. The van der Waals surface area contributed by atoms with Crippen LogP contribution in [0.25, 0.3) is 0 Å². The van der Waals surface area contributed by atoms with E-state index in [1.807, 2.05) is 18.7 Å². The van der Waals surface area contributed by atoms with Gasteiger partial charge >= 0.3 is 0 Å². The summed E-state index contributed by atoms with van der Waals surface area (Å²) in [4.78, 5) is 16.6. The number of aryl methyl sites for hydroxylation is 1. The second-order valence-corrected chi connectivity index (χ2v) is 5.53. The van der Waals surface area contributed by atoms with E-state index < -0.39 is 0 Å². The third-order valence-electron chi connectivity index (χ3n) is 3.63. The van der Waals surface area contributed by atoms with Crippen LogP contribution in [0.2, 0.25) is 0 Å². The van der Waals surface area contributed by atoms with Crippen LogP contribution in [0.3, 0.4) is 0 Å². The summed E-state index contributed by atoms with van der Waals surface area (Å²) < 4.78 is 2.13. The lowest BCUT2D eigenvalue weighted by Crippen LogP contribution is -2.21.